The molecule has 0 fully saturated rings. The average molecular weight is 311 g/mol. The van der Waals surface area contributed by atoms with Crippen molar-refractivity contribution in [3.8, 4) is 0 Å². The fourth-order valence-corrected chi connectivity index (χ4v) is 2.96. The molecule has 0 aliphatic heterocycles. The number of halogens is 1. The van der Waals surface area contributed by atoms with Gasteiger partial charge < -0.3 is 11.1 Å². The summed E-state index contributed by atoms with van der Waals surface area (Å²) in [6.07, 6.45) is 1.41. The molecule has 2 aromatic rings. The molecule has 5 nitrogen and oxygen atoms in total. The minimum absolute atomic E-state index is 0.120. The number of nitrogen functional groups attached to an aromatic ring is 1. The number of nitrogens with two attached hydrogens (primary N) is 1. The number of nitrogens with zero attached hydrogens (tertiary/aromatic N) is 2. The van der Waals surface area contributed by atoms with Gasteiger partial charge in [0, 0.05) is 11.1 Å². The Morgan fingerprint density at radius 3 is 2.75 bits per heavy atom. The lowest BCUT2D eigenvalue weighted by molar-refractivity contribution is 0.0940. The highest BCUT2D eigenvalue weighted by atomic mass is 35.5. The first kappa shape index (κ1) is 14.7. The van der Waals surface area contributed by atoms with Crippen molar-refractivity contribution in [2.75, 3.05) is 5.73 Å². The van der Waals surface area contributed by atoms with Gasteiger partial charge in [-0.3, -0.25) is 4.79 Å². The van der Waals surface area contributed by atoms with E-state index in [1.807, 2.05) is 20.8 Å². The predicted molar refractivity (Wildman–Crippen MR) is 81.1 cm³/mol. The first-order valence-electron chi connectivity index (χ1n) is 6.04. The fraction of sp³-hybridized carbons (Fsp3) is 0.308. The molecule has 106 valence electrons. The Labute approximate surface area is 126 Å². The molecule has 3 N–H and O–H groups in total. The second-order valence-corrected chi connectivity index (χ2v) is 6.11. The molecule has 0 aliphatic carbocycles. The van der Waals surface area contributed by atoms with Crippen LogP contribution in [0.3, 0.4) is 0 Å². The summed E-state index contributed by atoms with van der Waals surface area (Å²) in [7, 11) is 0. The maximum absolute atomic E-state index is 12.1. The van der Waals surface area contributed by atoms with E-state index in [1.165, 1.54) is 12.3 Å². The Hall–Kier alpha value is -1.66. The minimum atomic E-state index is -0.239. The third kappa shape index (κ3) is 3.08. The number of nitrogens with one attached hydrogen (secondary N) is 1. The van der Waals surface area contributed by atoms with Gasteiger partial charge >= 0.3 is 0 Å². The number of thiazole rings is 1. The van der Waals surface area contributed by atoms with Gasteiger partial charge in [0.25, 0.3) is 5.91 Å². The molecular weight excluding hydrogens is 296 g/mol. The molecule has 0 spiro atoms. The Morgan fingerprint density at radius 1 is 1.50 bits per heavy atom. The van der Waals surface area contributed by atoms with E-state index in [0.717, 1.165) is 15.6 Å². The van der Waals surface area contributed by atoms with Crippen LogP contribution in [0.1, 0.15) is 38.9 Å². The second kappa shape index (κ2) is 5.76. The van der Waals surface area contributed by atoms with Crippen LogP contribution in [0.15, 0.2) is 12.3 Å². The van der Waals surface area contributed by atoms with Crippen molar-refractivity contribution >= 4 is 34.7 Å². The largest absolute Gasteiger partial charge is 0.382 e. The van der Waals surface area contributed by atoms with E-state index in [4.69, 9.17) is 17.3 Å². The van der Waals surface area contributed by atoms with Crippen LogP contribution >= 0.6 is 22.9 Å². The Balaban J connectivity index is 2.15. The SMILES string of the molecule is Cc1nc(C)c(C(C)NC(=O)c2cnc(N)c(Cl)c2)s1. The van der Waals surface area contributed by atoms with Crippen LogP contribution in [0.5, 0.6) is 0 Å². The van der Waals surface area contributed by atoms with Crippen LogP contribution in [0.4, 0.5) is 5.82 Å². The van der Waals surface area contributed by atoms with E-state index in [2.05, 4.69) is 15.3 Å². The lowest BCUT2D eigenvalue weighted by Gasteiger charge is -2.13. The molecule has 0 aromatic carbocycles. The number of rotatable bonds is 3. The number of pyridine rings is 1. The molecule has 1 atom stereocenters. The van der Waals surface area contributed by atoms with Gasteiger partial charge in [-0.25, -0.2) is 9.97 Å². The Morgan fingerprint density at radius 2 is 2.20 bits per heavy atom. The van der Waals surface area contributed by atoms with Crippen LogP contribution in [0, 0.1) is 13.8 Å². The van der Waals surface area contributed by atoms with Gasteiger partial charge in [-0.15, -0.1) is 11.3 Å². The molecule has 2 aromatic heterocycles. The normalized spacial score (nSPS) is 12.2. The quantitative estimate of drug-likeness (QED) is 0.913. The number of aromatic nitrogens is 2. The molecule has 0 saturated carbocycles. The van der Waals surface area contributed by atoms with E-state index in [-0.39, 0.29) is 22.8 Å². The van der Waals surface area contributed by atoms with Gasteiger partial charge in [0.1, 0.15) is 5.82 Å². The van der Waals surface area contributed by atoms with Crippen LogP contribution < -0.4 is 11.1 Å². The maximum atomic E-state index is 12.1. The number of aryl methyl sites for hydroxylation is 2. The molecule has 1 unspecified atom stereocenters. The topological polar surface area (TPSA) is 80.9 Å². The van der Waals surface area contributed by atoms with Crippen molar-refractivity contribution in [3.63, 3.8) is 0 Å². The van der Waals surface area contributed by atoms with E-state index < -0.39 is 0 Å². The highest BCUT2D eigenvalue weighted by Crippen LogP contribution is 2.25. The van der Waals surface area contributed by atoms with Gasteiger partial charge in [-0.05, 0) is 26.8 Å². The molecule has 7 heteroatoms. The average Bonchev–Trinajstić information content (AvgIpc) is 2.71. The van der Waals surface area contributed by atoms with Gasteiger partial charge in [0.05, 0.1) is 27.3 Å². The molecule has 0 aliphatic rings. The smallest absolute Gasteiger partial charge is 0.253 e. The molecule has 0 saturated heterocycles. The number of carbonyl (C=O) groups excluding carboxylic acids is 1. The highest BCUT2D eigenvalue weighted by molar-refractivity contribution is 7.11. The number of amides is 1. The Bertz CT molecular complexity index is 656. The highest BCUT2D eigenvalue weighted by Gasteiger charge is 2.17. The number of hydrogen-bond acceptors (Lipinski definition) is 5. The predicted octanol–water partition coefficient (Wildman–Crippen LogP) is 2.88. The van der Waals surface area contributed by atoms with Crippen LogP contribution in [-0.2, 0) is 0 Å². The van der Waals surface area contributed by atoms with Crippen molar-refractivity contribution in [1.82, 2.24) is 15.3 Å². The third-order valence-corrected chi connectivity index (χ3v) is 4.37. The van der Waals surface area contributed by atoms with Crippen molar-refractivity contribution in [1.29, 1.82) is 0 Å². The first-order chi connectivity index (χ1) is 9.38. The van der Waals surface area contributed by atoms with E-state index in [0.29, 0.717) is 5.56 Å². The number of carbonyl (C=O) groups is 1. The minimum Gasteiger partial charge on any atom is -0.382 e. The first-order valence-corrected chi connectivity index (χ1v) is 7.23. The molecule has 20 heavy (non-hydrogen) atoms. The Kier molecular flexibility index (Phi) is 4.25. The fourth-order valence-electron chi connectivity index (χ4n) is 1.87. The van der Waals surface area contributed by atoms with E-state index in [9.17, 15) is 4.79 Å². The van der Waals surface area contributed by atoms with E-state index in [1.54, 1.807) is 11.3 Å². The molecular formula is C13H15ClN4OS. The molecule has 2 heterocycles. The zero-order valence-corrected chi connectivity index (χ0v) is 13.0. The number of anilines is 1. The summed E-state index contributed by atoms with van der Waals surface area (Å²) < 4.78 is 0. The van der Waals surface area contributed by atoms with Crippen LogP contribution in [0.25, 0.3) is 0 Å². The molecule has 0 radical (unpaired) electrons. The van der Waals surface area contributed by atoms with Crippen molar-refractivity contribution in [2.45, 2.75) is 26.8 Å². The van der Waals surface area contributed by atoms with Gasteiger partial charge in [-0.2, -0.15) is 0 Å². The summed E-state index contributed by atoms with van der Waals surface area (Å²) in [5.74, 6) is -0.0254. The molecule has 1 amide bonds. The summed E-state index contributed by atoms with van der Waals surface area (Å²) in [6, 6.07) is 1.39. The van der Waals surface area contributed by atoms with Crippen molar-refractivity contribution < 1.29 is 4.79 Å². The monoisotopic (exact) mass is 310 g/mol. The zero-order chi connectivity index (χ0) is 14.9. The van der Waals surface area contributed by atoms with E-state index >= 15 is 0 Å². The lowest BCUT2D eigenvalue weighted by Crippen LogP contribution is -2.26. The molecule has 0 bridgehead atoms. The van der Waals surface area contributed by atoms with Crippen LogP contribution in [-0.4, -0.2) is 15.9 Å². The summed E-state index contributed by atoms with van der Waals surface area (Å²) in [6.45, 7) is 5.80. The number of hydrogen-bond donors (Lipinski definition) is 2. The van der Waals surface area contributed by atoms with Gasteiger partial charge in [-0.1, -0.05) is 11.6 Å². The van der Waals surface area contributed by atoms with Gasteiger partial charge in [0.15, 0.2) is 0 Å². The van der Waals surface area contributed by atoms with Gasteiger partial charge in [0.2, 0.25) is 0 Å². The van der Waals surface area contributed by atoms with Crippen molar-refractivity contribution in [2.24, 2.45) is 0 Å². The van der Waals surface area contributed by atoms with Crippen LogP contribution in [0.2, 0.25) is 5.02 Å². The zero-order valence-electron chi connectivity index (χ0n) is 11.4. The standard InChI is InChI=1S/C13H15ClN4OS/c1-6-11(20-8(3)17-6)7(2)18-13(19)9-4-10(14)12(15)16-5-9/h4-5,7H,1-3H3,(H2,15,16)(H,18,19). The molecule has 2 rings (SSSR count). The summed E-state index contributed by atoms with van der Waals surface area (Å²) in [5, 5.41) is 4.16. The summed E-state index contributed by atoms with van der Waals surface area (Å²) in [4.78, 5) is 21.4. The third-order valence-electron chi connectivity index (χ3n) is 2.81. The van der Waals surface area contributed by atoms with Crippen molar-refractivity contribution in [3.05, 3.63) is 38.4 Å². The summed E-state index contributed by atoms with van der Waals surface area (Å²) >= 11 is 7.44. The lowest BCUT2D eigenvalue weighted by atomic mass is 10.2. The maximum Gasteiger partial charge on any atom is 0.253 e. The second-order valence-electron chi connectivity index (χ2n) is 4.47. The summed E-state index contributed by atoms with van der Waals surface area (Å²) in [5.41, 5.74) is 6.85.